The molecule has 0 unspecified atom stereocenters. The van der Waals surface area contributed by atoms with Crippen molar-refractivity contribution in [2.45, 2.75) is 45.6 Å². The SMILES string of the molecule is Cc1noc(C)c1CCC(=O)N[C@@H]1CCCN(S(C)(=O)=O)C1. The van der Waals surface area contributed by atoms with E-state index in [1.54, 1.807) is 0 Å². The van der Waals surface area contributed by atoms with Gasteiger partial charge in [0.15, 0.2) is 0 Å². The molecule has 0 bridgehead atoms. The minimum absolute atomic E-state index is 0.0691. The largest absolute Gasteiger partial charge is 0.361 e. The minimum Gasteiger partial charge on any atom is -0.361 e. The quantitative estimate of drug-likeness (QED) is 0.861. The lowest BCUT2D eigenvalue weighted by molar-refractivity contribution is -0.122. The number of nitrogens with zero attached hydrogens (tertiary/aromatic N) is 2. The molecule has 0 aromatic carbocycles. The highest BCUT2D eigenvalue weighted by Crippen LogP contribution is 2.15. The number of amides is 1. The topological polar surface area (TPSA) is 92.5 Å². The van der Waals surface area contributed by atoms with E-state index in [9.17, 15) is 13.2 Å². The first kappa shape index (κ1) is 17.0. The van der Waals surface area contributed by atoms with Gasteiger partial charge in [0, 0.05) is 31.1 Å². The van der Waals surface area contributed by atoms with Crippen LogP contribution < -0.4 is 5.32 Å². The lowest BCUT2D eigenvalue weighted by Crippen LogP contribution is -2.49. The number of piperidine rings is 1. The number of carbonyl (C=O) groups is 1. The van der Waals surface area contributed by atoms with Gasteiger partial charge in [-0.3, -0.25) is 4.79 Å². The molecule has 2 rings (SSSR count). The van der Waals surface area contributed by atoms with E-state index in [2.05, 4.69) is 10.5 Å². The maximum absolute atomic E-state index is 12.1. The lowest BCUT2D eigenvalue weighted by Gasteiger charge is -2.31. The Hall–Kier alpha value is -1.41. The number of sulfonamides is 1. The molecule has 0 aliphatic carbocycles. The fourth-order valence-corrected chi connectivity index (χ4v) is 3.67. The Bertz CT molecular complexity index is 619. The van der Waals surface area contributed by atoms with Crippen molar-refractivity contribution in [2.24, 2.45) is 0 Å². The van der Waals surface area contributed by atoms with Crippen LogP contribution in [0.25, 0.3) is 0 Å². The zero-order valence-corrected chi connectivity index (χ0v) is 14.1. The molecule has 0 saturated carbocycles. The van der Waals surface area contributed by atoms with Crippen molar-refractivity contribution in [1.29, 1.82) is 0 Å². The second-order valence-electron chi connectivity index (χ2n) is 5.83. The highest BCUT2D eigenvalue weighted by Gasteiger charge is 2.26. The van der Waals surface area contributed by atoms with Gasteiger partial charge < -0.3 is 9.84 Å². The molecule has 8 heteroatoms. The van der Waals surface area contributed by atoms with E-state index in [-0.39, 0.29) is 11.9 Å². The summed E-state index contributed by atoms with van der Waals surface area (Å²) in [7, 11) is -3.19. The van der Waals surface area contributed by atoms with Crippen LogP contribution in [0.2, 0.25) is 0 Å². The summed E-state index contributed by atoms with van der Waals surface area (Å²) >= 11 is 0. The molecule has 1 aromatic rings. The number of nitrogens with one attached hydrogen (secondary N) is 1. The molecule has 1 aliphatic heterocycles. The first-order chi connectivity index (χ1) is 10.3. The molecule has 0 spiro atoms. The maximum atomic E-state index is 12.1. The summed E-state index contributed by atoms with van der Waals surface area (Å²) < 4.78 is 29.6. The van der Waals surface area contributed by atoms with Crippen LogP contribution in [0.3, 0.4) is 0 Å². The van der Waals surface area contributed by atoms with E-state index in [1.807, 2.05) is 13.8 Å². The average molecular weight is 329 g/mol. The van der Waals surface area contributed by atoms with Crippen LogP contribution >= 0.6 is 0 Å². The van der Waals surface area contributed by atoms with Crippen molar-refractivity contribution in [2.75, 3.05) is 19.3 Å². The van der Waals surface area contributed by atoms with Gasteiger partial charge in [0.25, 0.3) is 0 Å². The van der Waals surface area contributed by atoms with Gasteiger partial charge in [0.2, 0.25) is 15.9 Å². The van der Waals surface area contributed by atoms with E-state index in [1.165, 1.54) is 10.6 Å². The van der Waals surface area contributed by atoms with E-state index < -0.39 is 10.0 Å². The van der Waals surface area contributed by atoms with Crippen molar-refractivity contribution in [3.63, 3.8) is 0 Å². The van der Waals surface area contributed by atoms with Crippen LogP contribution in [0.1, 0.15) is 36.3 Å². The van der Waals surface area contributed by atoms with E-state index in [0.717, 1.165) is 29.9 Å². The van der Waals surface area contributed by atoms with Crippen LogP contribution in [0.4, 0.5) is 0 Å². The number of rotatable bonds is 5. The molecular weight excluding hydrogens is 306 g/mol. The molecule has 0 radical (unpaired) electrons. The predicted octanol–water partition coefficient (Wildman–Crippen LogP) is 0.764. The molecule has 2 heterocycles. The van der Waals surface area contributed by atoms with Crippen LogP contribution in [-0.2, 0) is 21.2 Å². The minimum atomic E-state index is -3.19. The van der Waals surface area contributed by atoms with Crippen molar-refractivity contribution in [3.05, 3.63) is 17.0 Å². The predicted molar refractivity (Wildman–Crippen MR) is 81.9 cm³/mol. The maximum Gasteiger partial charge on any atom is 0.220 e. The summed E-state index contributed by atoms with van der Waals surface area (Å²) in [5.74, 6) is 0.673. The third kappa shape index (κ3) is 4.30. The van der Waals surface area contributed by atoms with Crippen LogP contribution in [-0.4, -0.2) is 49.2 Å². The molecule has 1 fully saturated rings. The summed E-state index contributed by atoms with van der Waals surface area (Å²) in [6.45, 7) is 4.58. The second kappa shape index (κ2) is 6.78. The van der Waals surface area contributed by atoms with Gasteiger partial charge in [-0.05, 0) is 33.1 Å². The van der Waals surface area contributed by atoms with Crippen LogP contribution in [0.5, 0.6) is 0 Å². The summed E-state index contributed by atoms with van der Waals surface area (Å²) in [5, 5.41) is 6.79. The van der Waals surface area contributed by atoms with Gasteiger partial charge >= 0.3 is 0 Å². The average Bonchev–Trinajstić information content (AvgIpc) is 2.75. The highest BCUT2D eigenvalue weighted by molar-refractivity contribution is 7.88. The number of carbonyl (C=O) groups excluding carboxylic acids is 1. The summed E-state index contributed by atoms with van der Waals surface area (Å²) in [4.78, 5) is 12.1. The zero-order valence-electron chi connectivity index (χ0n) is 13.3. The molecule has 1 aliphatic rings. The smallest absolute Gasteiger partial charge is 0.220 e. The Kier molecular flexibility index (Phi) is 5.23. The van der Waals surface area contributed by atoms with Gasteiger partial charge in [-0.1, -0.05) is 5.16 Å². The Balaban J connectivity index is 1.84. The normalized spacial score (nSPS) is 20.0. The van der Waals surface area contributed by atoms with E-state index >= 15 is 0 Å². The van der Waals surface area contributed by atoms with Crippen molar-refractivity contribution >= 4 is 15.9 Å². The van der Waals surface area contributed by atoms with Crippen LogP contribution in [0, 0.1) is 13.8 Å². The zero-order chi connectivity index (χ0) is 16.3. The van der Waals surface area contributed by atoms with Gasteiger partial charge in [-0.15, -0.1) is 0 Å². The Morgan fingerprint density at radius 2 is 2.18 bits per heavy atom. The number of aryl methyl sites for hydroxylation is 2. The first-order valence-electron chi connectivity index (χ1n) is 7.43. The molecule has 1 atom stereocenters. The monoisotopic (exact) mass is 329 g/mol. The number of hydrogen-bond acceptors (Lipinski definition) is 5. The van der Waals surface area contributed by atoms with E-state index in [0.29, 0.717) is 25.9 Å². The standard InChI is InChI=1S/C14H23N3O4S/c1-10-13(11(2)21-16-10)6-7-14(18)15-12-5-4-8-17(9-12)22(3,19)20/h12H,4-9H2,1-3H3,(H,15,18)/t12-/m1/s1. The van der Waals surface area contributed by atoms with Crippen molar-refractivity contribution < 1.29 is 17.7 Å². The van der Waals surface area contributed by atoms with Gasteiger partial charge in [-0.2, -0.15) is 0 Å². The summed E-state index contributed by atoms with van der Waals surface area (Å²) in [6, 6.07) is -0.111. The van der Waals surface area contributed by atoms with E-state index in [4.69, 9.17) is 4.52 Å². The summed E-state index contributed by atoms with van der Waals surface area (Å²) in [5.41, 5.74) is 1.78. The Morgan fingerprint density at radius 1 is 1.45 bits per heavy atom. The molecule has 124 valence electrons. The van der Waals surface area contributed by atoms with Crippen molar-refractivity contribution in [1.82, 2.24) is 14.8 Å². The third-order valence-electron chi connectivity index (χ3n) is 4.00. The van der Waals surface area contributed by atoms with Gasteiger partial charge in [-0.25, -0.2) is 12.7 Å². The fourth-order valence-electron chi connectivity index (χ4n) is 2.76. The molecule has 1 N–H and O–H groups in total. The van der Waals surface area contributed by atoms with Gasteiger partial charge in [0.1, 0.15) is 5.76 Å². The second-order valence-corrected chi connectivity index (χ2v) is 7.81. The number of hydrogen-bond donors (Lipinski definition) is 1. The fraction of sp³-hybridized carbons (Fsp3) is 0.714. The van der Waals surface area contributed by atoms with Crippen molar-refractivity contribution in [3.8, 4) is 0 Å². The summed E-state index contributed by atoms with van der Waals surface area (Å²) in [6.07, 6.45) is 3.70. The van der Waals surface area contributed by atoms with Gasteiger partial charge in [0.05, 0.1) is 11.9 Å². The molecular formula is C14H23N3O4S. The van der Waals surface area contributed by atoms with Crippen LogP contribution in [0.15, 0.2) is 4.52 Å². The molecule has 1 aromatic heterocycles. The molecule has 22 heavy (non-hydrogen) atoms. The Labute approximate surface area is 131 Å². The molecule has 1 amide bonds. The molecule has 1 saturated heterocycles. The first-order valence-corrected chi connectivity index (χ1v) is 9.28. The number of aromatic nitrogens is 1. The third-order valence-corrected chi connectivity index (χ3v) is 5.27. The molecule has 7 nitrogen and oxygen atoms in total. The Morgan fingerprint density at radius 3 is 2.77 bits per heavy atom. The lowest BCUT2D eigenvalue weighted by atomic mass is 10.1. The highest BCUT2D eigenvalue weighted by atomic mass is 32.2.